The quantitative estimate of drug-likeness (QED) is 0.477. The van der Waals surface area contributed by atoms with Crippen LogP contribution in [-0.2, 0) is 19.3 Å². The Morgan fingerprint density at radius 3 is 1.50 bits per heavy atom. The number of carbonyl (C=O) groups is 2. The van der Waals surface area contributed by atoms with E-state index in [1.165, 1.54) is 0 Å². The molecule has 0 spiro atoms. The average molecular weight is 148 g/mol. The molecule has 0 rings (SSSR count). The first kappa shape index (κ1) is 8.86. The minimum absolute atomic E-state index is 0.119. The van der Waals surface area contributed by atoms with Crippen LogP contribution in [0.5, 0.6) is 0 Å². The fourth-order valence-electron chi connectivity index (χ4n) is 0.322. The van der Waals surface area contributed by atoms with Crippen LogP contribution in [0.1, 0.15) is 12.8 Å². The van der Waals surface area contributed by atoms with Gasteiger partial charge in [0, 0.05) is 0 Å². The summed E-state index contributed by atoms with van der Waals surface area (Å²) in [5.41, 5.74) is 0. The lowest BCUT2D eigenvalue weighted by Gasteiger charge is -1.95. The van der Waals surface area contributed by atoms with Crippen LogP contribution in [0.3, 0.4) is 0 Å². The van der Waals surface area contributed by atoms with Crippen LogP contribution in [0.2, 0.25) is 0 Å². The van der Waals surface area contributed by atoms with E-state index in [9.17, 15) is 9.59 Å². The number of hydrogen-bond acceptors (Lipinski definition) is 6. The van der Waals surface area contributed by atoms with E-state index in [-0.39, 0.29) is 12.8 Å². The van der Waals surface area contributed by atoms with Gasteiger partial charge in [-0.3, -0.25) is 9.59 Å². The zero-order valence-corrected chi connectivity index (χ0v) is 5.20. The second-order valence-corrected chi connectivity index (χ2v) is 1.48. The fraction of sp³-hybridized carbons (Fsp3) is 0.500. The molecule has 0 aromatic carbocycles. The predicted octanol–water partition coefficient (Wildman–Crippen LogP) is -1.40. The lowest BCUT2D eigenvalue weighted by molar-refractivity contribution is -0.150. The summed E-state index contributed by atoms with van der Waals surface area (Å²) < 4.78 is 0. The molecule has 58 valence electrons. The molecule has 0 aromatic heterocycles. The van der Waals surface area contributed by atoms with Crippen LogP contribution in [0.4, 0.5) is 0 Å². The van der Waals surface area contributed by atoms with Gasteiger partial charge in [-0.15, -0.1) is 0 Å². The van der Waals surface area contributed by atoms with Gasteiger partial charge in [0.2, 0.25) is 0 Å². The summed E-state index contributed by atoms with van der Waals surface area (Å²) in [6, 6.07) is 0. The summed E-state index contributed by atoms with van der Waals surface area (Å²) in [6.07, 6.45) is -0.237. The number of rotatable bonds is 3. The van der Waals surface area contributed by atoms with Crippen LogP contribution in [0, 0.1) is 0 Å². The van der Waals surface area contributed by atoms with E-state index >= 15 is 0 Å². The molecule has 0 saturated carbocycles. The molecule has 0 atom stereocenters. The van der Waals surface area contributed by atoms with Crippen molar-refractivity contribution in [2.24, 2.45) is 11.8 Å². The van der Waals surface area contributed by atoms with Crippen molar-refractivity contribution in [2.75, 3.05) is 0 Å². The molecule has 6 nitrogen and oxygen atoms in total. The maximum absolute atomic E-state index is 10.2. The molecule has 0 fully saturated rings. The highest BCUT2D eigenvalue weighted by atomic mass is 16.7. The minimum Gasteiger partial charge on any atom is -0.373 e. The van der Waals surface area contributed by atoms with Crippen molar-refractivity contribution in [1.29, 1.82) is 0 Å². The highest BCUT2D eigenvalue weighted by Gasteiger charge is 2.06. The fourth-order valence-corrected chi connectivity index (χ4v) is 0.322. The van der Waals surface area contributed by atoms with Crippen molar-refractivity contribution in [3.63, 3.8) is 0 Å². The first-order chi connectivity index (χ1) is 4.70. The molecular formula is C4H8N2O4. The summed E-state index contributed by atoms with van der Waals surface area (Å²) in [7, 11) is 0. The standard InChI is InChI=1S/C4H8N2O4/c5-9-3(7)1-2-4(8)10-6/h1-2,5-6H2. The van der Waals surface area contributed by atoms with Gasteiger partial charge in [0.15, 0.2) is 0 Å². The first-order valence-electron chi connectivity index (χ1n) is 2.50. The third-order valence-electron chi connectivity index (χ3n) is 0.796. The minimum atomic E-state index is -0.676. The van der Waals surface area contributed by atoms with Gasteiger partial charge in [-0.05, 0) is 0 Å². The summed E-state index contributed by atoms with van der Waals surface area (Å²) in [6.45, 7) is 0. The van der Waals surface area contributed by atoms with Gasteiger partial charge in [0.25, 0.3) is 0 Å². The summed E-state index contributed by atoms with van der Waals surface area (Å²) in [4.78, 5) is 28.0. The van der Waals surface area contributed by atoms with Gasteiger partial charge in [-0.2, -0.15) is 11.8 Å². The average Bonchev–Trinajstić information content (AvgIpc) is 1.99. The van der Waals surface area contributed by atoms with Crippen molar-refractivity contribution in [3.8, 4) is 0 Å². The van der Waals surface area contributed by atoms with Crippen molar-refractivity contribution < 1.29 is 19.3 Å². The predicted molar refractivity (Wildman–Crippen MR) is 29.8 cm³/mol. The zero-order valence-electron chi connectivity index (χ0n) is 5.20. The normalized spacial score (nSPS) is 8.60. The van der Waals surface area contributed by atoms with E-state index in [0.29, 0.717) is 0 Å². The molecular weight excluding hydrogens is 140 g/mol. The van der Waals surface area contributed by atoms with Crippen LogP contribution in [0.15, 0.2) is 0 Å². The molecule has 0 heterocycles. The van der Waals surface area contributed by atoms with Gasteiger partial charge in [-0.1, -0.05) is 0 Å². The summed E-state index contributed by atoms with van der Waals surface area (Å²) in [5, 5.41) is 0. The van der Waals surface area contributed by atoms with E-state index in [1.54, 1.807) is 0 Å². The molecule has 0 radical (unpaired) electrons. The van der Waals surface area contributed by atoms with Crippen molar-refractivity contribution >= 4 is 11.9 Å². The molecule has 0 unspecified atom stereocenters. The van der Waals surface area contributed by atoms with Crippen LogP contribution < -0.4 is 11.8 Å². The Labute approximate surface area is 57.0 Å². The zero-order chi connectivity index (χ0) is 7.98. The SMILES string of the molecule is NOC(=O)CCC(=O)ON. The maximum Gasteiger partial charge on any atom is 0.325 e. The lowest BCUT2D eigenvalue weighted by atomic mass is 10.3. The van der Waals surface area contributed by atoms with E-state index in [0.717, 1.165) is 0 Å². The number of carbonyl (C=O) groups excluding carboxylic acids is 2. The van der Waals surface area contributed by atoms with Gasteiger partial charge in [0.05, 0.1) is 12.8 Å². The third kappa shape index (κ3) is 3.81. The largest absolute Gasteiger partial charge is 0.373 e. The number of hydrogen-bond donors (Lipinski definition) is 2. The van der Waals surface area contributed by atoms with Crippen molar-refractivity contribution in [1.82, 2.24) is 0 Å². The van der Waals surface area contributed by atoms with E-state index in [1.807, 2.05) is 0 Å². The second kappa shape index (κ2) is 4.71. The highest BCUT2D eigenvalue weighted by molar-refractivity contribution is 5.77. The molecule has 4 N–H and O–H groups in total. The van der Waals surface area contributed by atoms with Gasteiger partial charge in [-0.25, -0.2) is 0 Å². The van der Waals surface area contributed by atoms with E-state index in [2.05, 4.69) is 21.5 Å². The maximum atomic E-state index is 10.2. The van der Waals surface area contributed by atoms with Gasteiger partial charge < -0.3 is 9.68 Å². The van der Waals surface area contributed by atoms with E-state index < -0.39 is 11.9 Å². The third-order valence-corrected chi connectivity index (χ3v) is 0.796. The second-order valence-electron chi connectivity index (χ2n) is 1.48. The van der Waals surface area contributed by atoms with Gasteiger partial charge in [0.1, 0.15) is 0 Å². The van der Waals surface area contributed by atoms with Crippen LogP contribution >= 0.6 is 0 Å². The molecule has 0 saturated heterocycles. The highest BCUT2D eigenvalue weighted by Crippen LogP contribution is 1.91. The smallest absolute Gasteiger partial charge is 0.325 e. The summed E-state index contributed by atoms with van der Waals surface area (Å²) >= 11 is 0. The number of nitrogens with two attached hydrogens (primary N) is 2. The van der Waals surface area contributed by atoms with Crippen molar-refractivity contribution in [3.05, 3.63) is 0 Å². The lowest BCUT2D eigenvalue weighted by Crippen LogP contribution is -2.14. The Morgan fingerprint density at radius 1 is 1.00 bits per heavy atom. The van der Waals surface area contributed by atoms with Gasteiger partial charge >= 0.3 is 11.9 Å². The molecule has 0 bridgehead atoms. The molecule has 0 aliphatic heterocycles. The summed E-state index contributed by atoms with van der Waals surface area (Å²) in [5.74, 6) is 7.58. The topological polar surface area (TPSA) is 105 Å². The molecule has 0 aromatic rings. The molecule has 0 aliphatic rings. The van der Waals surface area contributed by atoms with E-state index in [4.69, 9.17) is 0 Å². The Kier molecular flexibility index (Phi) is 4.17. The first-order valence-corrected chi connectivity index (χ1v) is 2.50. The molecule has 10 heavy (non-hydrogen) atoms. The van der Waals surface area contributed by atoms with Crippen molar-refractivity contribution in [2.45, 2.75) is 12.8 Å². The van der Waals surface area contributed by atoms with Crippen LogP contribution in [-0.4, -0.2) is 11.9 Å². The van der Waals surface area contributed by atoms with Crippen LogP contribution in [0.25, 0.3) is 0 Å². The Bertz CT molecular complexity index is 119. The molecule has 0 amide bonds. The molecule has 6 heteroatoms. The Balaban J connectivity index is 3.35. The Hall–Kier alpha value is -1.14. The Morgan fingerprint density at radius 2 is 1.30 bits per heavy atom. The molecule has 0 aliphatic carbocycles. The monoisotopic (exact) mass is 148 g/mol.